The molecule has 1 unspecified atom stereocenters. The van der Waals surface area contributed by atoms with Crippen molar-refractivity contribution in [3.05, 3.63) is 95.3 Å². The quantitative estimate of drug-likeness (QED) is 0.337. The number of piperidine rings is 1. The van der Waals surface area contributed by atoms with E-state index in [1.54, 1.807) is 47.2 Å². The van der Waals surface area contributed by atoms with Crippen LogP contribution in [-0.2, 0) is 16.1 Å². The second-order valence-electron chi connectivity index (χ2n) is 9.80. The number of amides is 2. The summed E-state index contributed by atoms with van der Waals surface area (Å²) in [4.78, 5) is 29.9. The van der Waals surface area contributed by atoms with Crippen LogP contribution in [0.15, 0.2) is 78.9 Å². The van der Waals surface area contributed by atoms with Crippen molar-refractivity contribution in [2.24, 2.45) is 5.41 Å². The molecule has 1 aliphatic rings. The summed E-state index contributed by atoms with van der Waals surface area (Å²) in [5.74, 6) is -0.166. The third-order valence-corrected chi connectivity index (χ3v) is 6.99. The molecule has 38 heavy (non-hydrogen) atoms. The fraction of sp³-hybridized carbons (Fsp3) is 0.333. The summed E-state index contributed by atoms with van der Waals surface area (Å²) in [5.41, 5.74) is 0.439. The van der Waals surface area contributed by atoms with E-state index in [0.717, 1.165) is 12.0 Å². The van der Waals surface area contributed by atoms with Gasteiger partial charge in [-0.2, -0.15) is 0 Å². The fourth-order valence-corrected chi connectivity index (χ4v) is 4.90. The molecule has 0 aliphatic carbocycles. The highest BCUT2D eigenvalue weighted by atomic mass is 35.5. The Morgan fingerprint density at radius 3 is 2.55 bits per heavy atom. The third kappa shape index (κ3) is 7.48. The minimum absolute atomic E-state index is 0.0274. The molecule has 4 rings (SSSR count). The highest BCUT2D eigenvalue weighted by molar-refractivity contribution is 6.30. The Balaban J connectivity index is 1.46. The molecular formula is C30H32ClFN2O4. The molecule has 0 radical (unpaired) electrons. The van der Waals surface area contributed by atoms with Crippen molar-refractivity contribution >= 4 is 23.4 Å². The standard InChI is InChI=1S/C30H32ClFN2O4/c1-33(19-23-9-3-2-4-10-23)28(35)18-30(22-38-25-12-7-11-24(31)17-25)15-8-16-34(21-30)29(36)20-37-27-14-6-5-13-26(27)32/h2-7,9-14,17H,8,15-16,18-22H2,1H3. The topological polar surface area (TPSA) is 59.1 Å². The van der Waals surface area contributed by atoms with Crippen molar-refractivity contribution in [3.8, 4) is 11.5 Å². The number of ether oxygens (including phenoxy) is 2. The molecule has 0 aromatic heterocycles. The molecule has 8 heteroatoms. The van der Waals surface area contributed by atoms with E-state index >= 15 is 0 Å². The zero-order valence-corrected chi connectivity index (χ0v) is 22.2. The molecule has 1 aliphatic heterocycles. The maximum Gasteiger partial charge on any atom is 0.260 e. The Morgan fingerprint density at radius 2 is 1.79 bits per heavy atom. The van der Waals surface area contributed by atoms with Crippen LogP contribution in [0, 0.1) is 11.2 Å². The molecule has 1 atom stereocenters. The molecule has 2 amide bonds. The Bertz CT molecular complexity index is 1240. The van der Waals surface area contributed by atoms with Crippen LogP contribution < -0.4 is 9.47 Å². The Morgan fingerprint density at radius 1 is 1.03 bits per heavy atom. The maximum absolute atomic E-state index is 14.0. The van der Waals surface area contributed by atoms with Crippen LogP contribution in [-0.4, -0.2) is 55.0 Å². The van der Waals surface area contributed by atoms with Gasteiger partial charge < -0.3 is 19.3 Å². The lowest BCUT2D eigenvalue weighted by molar-refractivity contribution is -0.142. The van der Waals surface area contributed by atoms with Gasteiger partial charge in [0.1, 0.15) is 5.75 Å². The van der Waals surface area contributed by atoms with Gasteiger partial charge in [-0.05, 0) is 48.7 Å². The van der Waals surface area contributed by atoms with Gasteiger partial charge in [0.05, 0.1) is 6.61 Å². The minimum Gasteiger partial charge on any atom is -0.493 e. The number of nitrogens with zero attached hydrogens (tertiary/aromatic N) is 2. The molecule has 3 aromatic carbocycles. The van der Waals surface area contributed by atoms with Crippen molar-refractivity contribution in [2.45, 2.75) is 25.8 Å². The molecule has 1 saturated heterocycles. The largest absolute Gasteiger partial charge is 0.493 e. The number of hydrogen-bond donors (Lipinski definition) is 0. The second kappa shape index (κ2) is 12.8. The summed E-state index contributed by atoms with van der Waals surface area (Å²) in [6, 6.07) is 22.9. The van der Waals surface area contributed by atoms with E-state index < -0.39 is 11.2 Å². The molecule has 200 valence electrons. The number of halogens is 2. The van der Waals surface area contributed by atoms with Gasteiger partial charge in [-0.15, -0.1) is 0 Å². The van der Waals surface area contributed by atoms with Crippen molar-refractivity contribution in [1.82, 2.24) is 9.80 Å². The van der Waals surface area contributed by atoms with E-state index in [-0.39, 0.29) is 37.2 Å². The molecule has 6 nitrogen and oxygen atoms in total. The molecule has 0 N–H and O–H groups in total. The van der Waals surface area contributed by atoms with Crippen LogP contribution in [0.1, 0.15) is 24.8 Å². The first-order chi connectivity index (χ1) is 18.3. The first-order valence-electron chi connectivity index (χ1n) is 12.6. The summed E-state index contributed by atoms with van der Waals surface area (Å²) in [7, 11) is 1.79. The lowest BCUT2D eigenvalue weighted by atomic mass is 9.77. The number of carbonyl (C=O) groups is 2. The van der Waals surface area contributed by atoms with Crippen LogP contribution in [0.25, 0.3) is 0 Å². The van der Waals surface area contributed by atoms with E-state index in [1.807, 2.05) is 36.4 Å². The predicted molar refractivity (Wildman–Crippen MR) is 145 cm³/mol. The predicted octanol–water partition coefficient (Wildman–Crippen LogP) is 5.59. The van der Waals surface area contributed by atoms with Gasteiger partial charge in [0.15, 0.2) is 18.2 Å². The highest BCUT2D eigenvalue weighted by Crippen LogP contribution is 2.36. The first kappa shape index (κ1) is 27.5. The van der Waals surface area contributed by atoms with Gasteiger partial charge in [-0.3, -0.25) is 9.59 Å². The average Bonchev–Trinajstić information content (AvgIpc) is 2.92. The lowest BCUT2D eigenvalue weighted by Gasteiger charge is -2.42. The normalized spacial score (nSPS) is 17.1. The van der Waals surface area contributed by atoms with Gasteiger partial charge >= 0.3 is 0 Å². The molecule has 1 fully saturated rings. The number of carbonyl (C=O) groups excluding carboxylic acids is 2. The fourth-order valence-electron chi connectivity index (χ4n) is 4.72. The van der Waals surface area contributed by atoms with Crippen LogP contribution in [0.5, 0.6) is 11.5 Å². The summed E-state index contributed by atoms with van der Waals surface area (Å²) in [5, 5.41) is 0.556. The molecule has 0 bridgehead atoms. The van der Waals surface area contributed by atoms with Gasteiger partial charge in [0.25, 0.3) is 5.91 Å². The van der Waals surface area contributed by atoms with Gasteiger partial charge in [-0.25, -0.2) is 4.39 Å². The first-order valence-corrected chi connectivity index (χ1v) is 13.0. The van der Waals surface area contributed by atoms with Crippen LogP contribution in [0.4, 0.5) is 4.39 Å². The molecule has 1 heterocycles. The molecule has 0 saturated carbocycles. The van der Waals surface area contributed by atoms with Crippen molar-refractivity contribution < 1.29 is 23.5 Å². The summed E-state index contributed by atoms with van der Waals surface area (Å²) in [6.45, 7) is 1.32. The minimum atomic E-state index is -0.601. The van der Waals surface area contributed by atoms with E-state index in [1.165, 1.54) is 12.1 Å². The Hall–Kier alpha value is -3.58. The zero-order chi connectivity index (χ0) is 27.0. The van der Waals surface area contributed by atoms with E-state index in [9.17, 15) is 14.0 Å². The molecule has 3 aromatic rings. The van der Waals surface area contributed by atoms with Gasteiger partial charge in [0, 0.05) is 43.5 Å². The van der Waals surface area contributed by atoms with Crippen LogP contribution in [0.3, 0.4) is 0 Å². The van der Waals surface area contributed by atoms with Gasteiger partial charge in [0.2, 0.25) is 5.91 Å². The summed E-state index contributed by atoms with van der Waals surface area (Å²) >= 11 is 6.13. The van der Waals surface area contributed by atoms with Gasteiger partial charge in [-0.1, -0.05) is 60.1 Å². The van der Waals surface area contributed by atoms with Crippen molar-refractivity contribution in [2.75, 3.05) is 33.4 Å². The number of hydrogen-bond acceptors (Lipinski definition) is 4. The SMILES string of the molecule is CN(Cc1ccccc1)C(=O)CC1(COc2cccc(Cl)c2)CCCN(C(=O)COc2ccccc2F)C1. The maximum atomic E-state index is 14.0. The molecular weight excluding hydrogens is 507 g/mol. The van der Waals surface area contributed by atoms with Crippen molar-refractivity contribution in [3.63, 3.8) is 0 Å². The van der Waals surface area contributed by atoms with Crippen LogP contribution >= 0.6 is 11.6 Å². The smallest absolute Gasteiger partial charge is 0.260 e. The number of para-hydroxylation sites is 1. The van der Waals surface area contributed by atoms with E-state index in [2.05, 4.69) is 0 Å². The number of likely N-dealkylation sites (tertiary alicyclic amines) is 1. The Kier molecular flexibility index (Phi) is 9.24. The number of rotatable bonds is 10. The lowest BCUT2D eigenvalue weighted by Crippen LogP contribution is -2.51. The van der Waals surface area contributed by atoms with Crippen molar-refractivity contribution in [1.29, 1.82) is 0 Å². The Labute approximate surface area is 227 Å². The summed E-state index contributed by atoms with van der Waals surface area (Å²) < 4.78 is 25.5. The third-order valence-electron chi connectivity index (χ3n) is 6.76. The van der Waals surface area contributed by atoms with E-state index in [4.69, 9.17) is 21.1 Å². The highest BCUT2D eigenvalue weighted by Gasteiger charge is 2.40. The second-order valence-corrected chi connectivity index (χ2v) is 10.2. The average molecular weight is 539 g/mol. The molecule has 0 spiro atoms. The summed E-state index contributed by atoms with van der Waals surface area (Å²) in [6.07, 6.45) is 1.64. The van der Waals surface area contributed by atoms with Crippen LogP contribution in [0.2, 0.25) is 5.02 Å². The number of benzene rings is 3. The monoisotopic (exact) mass is 538 g/mol. The van der Waals surface area contributed by atoms with E-state index in [0.29, 0.717) is 36.8 Å². The zero-order valence-electron chi connectivity index (χ0n) is 21.4.